The lowest BCUT2D eigenvalue weighted by molar-refractivity contribution is -0.113. The Labute approximate surface area is 153 Å². The van der Waals surface area contributed by atoms with Crippen LogP contribution in [-0.2, 0) is 17.6 Å². The van der Waals surface area contributed by atoms with Crippen molar-refractivity contribution in [2.45, 2.75) is 24.2 Å². The number of amides is 2. The SMILES string of the molecule is NC(=O)c1c(NC(=O)CSc2c[nH]c3ccccc23)sc2c1CCC2. The van der Waals surface area contributed by atoms with Crippen molar-refractivity contribution in [1.82, 2.24) is 4.98 Å². The number of rotatable bonds is 5. The minimum absolute atomic E-state index is 0.127. The number of primary amides is 1. The van der Waals surface area contributed by atoms with Crippen molar-refractivity contribution in [2.75, 3.05) is 11.1 Å². The largest absolute Gasteiger partial charge is 0.365 e. The van der Waals surface area contributed by atoms with Crippen LogP contribution in [0.25, 0.3) is 10.9 Å². The molecule has 0 bridgehead atoms. The minimum Gasteiger partial charge on any atom is -0.365 e. The van der Waals surface area contributed by atoms with E-state index in [1.54, 1.807) is 0 Å². The Morgan fingerprint density at radius 3 is 2.96 bits per heavy atom. The number of anilines is 1. The fourth-order valence-electron chi connectivity index (χ4n) is 3.22. The molecule has 0 radical (unpaired) electrons. The Balaban J connectivity index is 1.47. The third-order valence-corrected chi connectivity index (χ3v) is 6.59. The summed E-state index contributed by atoms with van der Waals surface area (Å²) in [6, 6.07) is 7.99. The highest BCUT2D eigenvalue weighted by molar-refractivity contribution is 8.00. The molecule has 2 aromatic heterocycles. The average Bonchev–Trinajstić information content (AvgIpc) is 3.26. The molecule has 2 heterocycles. The molecular formula is C18H17N3O2S2. The van der Waals surface area contributed by atoms with E-state index < -0.39 is 5.91 Å². The molecule has 1 aromatic carbocycles. The molecule has 1 aliphatic carbocycles. The van der Waals surface area contributed by atoms with E-state index in [-0.39, 0.29) is 11.7 Å². The van der Waals surface area contributed by atoms with E-state index >= 15 is 0 Å². The van der Waals surface area contributed by atoms with Gasteiger partial charge in [-0.2, -0.15) is 0 Å². The number of hydrogen-bond donors (Lipinski definition) is 3. The lowest BCUT2D eigenvalue weighted by atomic mass is 10.1. The maximum Gasteiger partial charge on any atom is 0.251 e. The van der Waals surface area contributed by atoms with Gasteiger partial charge in [0.2, 0.25) is 5.91 Å². The molecule has 0 unspecified atom stereocenters. The Morgan fingerprint density at radius 1 is 1.28 bits per heavy atom. The first-order chi connectivity index (χ1) is 12.1. The zero-order valence-electron chi connectivity index (χ0n) is 13.4. The van der Waals surface area contributed by atoms with Crippen LogP contribution in [0, 0.1) is 0 Å². The number of nitrogens with two attached hydrogens (primary N) is 1. The number of benzene rings is 1. The molecule has 0 spiro atoms. The molecule has 25 heavy (non-hydrogen) atoms. The van der Waals surface area contributed by atoms with Crippen molar-refractivity contribution in [1.29, 1.82) is 0 Å². The summed E-state index contributed by atoms with van der Waals surface area (Å²) in [4.78, 5) is 29.6. The van der Waals surface area contributed by atoms with Crippen LogP contribution in [0.4, 0.5) is 5.00 Å². The first-order valence-electron chi connectivity index (χ1n) is 8.06. The van der Waals surface area contributed by atoms with Crippen molar-refractivity contribution in [2.24, 2.45) is 5.73 Å². The number of fused-ring (bicyclic) bond motifs is 2. The van der Waals surface area contributed by atoms with E-state index in [9.17, 15) is 9.59 Å². The van der Waals surface area contributed by atoms with Gasteiger partial charge in [-0.05, 0) is 30.9 Å². The van der Waals surface area contributed by atoms with Crippen molar-refractivity contribution in [3.05, 3.63) is 46.5 Å². The second-order valence-corrected chi connectivity index (χ2v) is 8.08. The molecule has 0 fully saturated rings. The van der Waals surface area contributed by atoms with Gasteiger partial charge in [0, 0.05) is 26.9 Å². The first kappa shape index (κ1) is 16.2. The fourth-order valence-corrected chi connectivity index (χ4v) is 5.37. The van der Waals surface area contributed by atoms with Crippen LogP contribution in [0.3, 0.4) is 0 Å². The van der Waals surface area contributed by atoms with Crippen molar-refractivity contribution >= 4 is 50.8 Å². The van der Waals surface area contributed by atoms with Crippen LogP contribution in [-0.4, -0.2) is 22.6 Å². The quantitative estimate of drug-likeness (QED) is 0.599. The Kier molecular flexibility index (Phi) is 4.27. The standard InChI is InChI=1S/C18H17N3O2S2/c19-17(23)16-11-5-3-7-13(11)25-18(16)21-15(22)9-24-14-8-20-12-6-2-1-4-10(12)14/h1-2,4,6,8,20H,3,5,7,9H2,(H2,19,23)(H,21,22). The van der Waals surface area contributed by atoms with Gasteiger partial charge in [-0.25, -0.2) is 0 Å². The number of aromatic amines is 1. The van der Waals surface area contributed by atoms with Gasteiger partial charge < -0.3 is 16.0 Å². The van der Waals surface area contributed by atoms with Gasteiger partial charge in [0.1, 0.15) is 5.00 Å². The Morgan fingerprint density at radius 2 is 2.12 bits per heavy atom. The first-order valence-corrected chi connectivity index (χ1v) is 9.87. The van der Waals surface area contributed by atoms with E-state index in [0.717, 1.165) is 40.6 Å². The van der Waals surface area contributed by atoms with Crippen LogP contribution in [0.2, 0.25) is 0 Å². The van der Waals surface area contributed by atoms with Gasteiger partial charge >= 0.3 is 0 Å². The van der Waals surface area contributed by atoms with E-state index in [4.69, 9.17) is 5.73 Å². The van der Waals surface area contributed by atoms with Gasteiger partial charge in [-0.1, -0.05) is 18.2 Å². The lowest BCUT2D eigenvalue weighted by Crippen LogP contribution is -2.18. The molecule has 5 nitrogen and oxygen atoms in total. The number of carbonyl (C=O) groups is 2. The fraction of sp³-hybridized carbons (Fsp3) is 0.222. The van der Waals surface area contributed by atoms with Crippen LogP contribution in [0.1, 0.15) is 27.2 Å². The number of aryl methyl sites for hydroxylation is 1. The normalized spacial score (nSPS) is 13.1. The number of thiophene rings is 1. The zero-order valence-corrected chi connectivity index (χ0v) is 15.1. The predicted octanol–water partition coefficient (Wildman–Crippen LogP) is 3.55. The number of aromatic nitrogens is 1. The molecule has 0 aliphatic heterocycles. The number of H-pyrrole nitrogens is 1. The monoisotopic (exact) mass is 371 g/mol. The number of nitrogens with one attached hydrogen (secondary N) is 2. The molecule has 1 aliphatic rings. The molecule has 0 saturated heterocycles. The summed E-state index contributed by atoms with van der Waals surface area (Å²) in [5.41, 5.74) is 8.11. The Hall–Kier alpha value is -2.25. The minimum atomic E-state index is -0.459. The number of carbonyl (C=O) groups excluding carboxylic acids is 2. The molecule has 7 heteroatoms. The average molecular weight is 371 g/mol. The van der Waals surface area contributed by atoms with E-state index in [1.807, 2.05) is 30.5 Å². The van der Waals surface area contributed by atoms with E-state index in [0.29, 0.717) is 10.6 Å². The maximum atomic E-state index is 12.4. The molecule has 0 atom stereocenters. The Bertz CT molecular complexity index is 974. The lowest BCUT2D eigenvalue weighted by Gasteiger charge is -2.05. The molecule has 4 N–H and O–H groups in total. The molecule has 128 valence electrons. The number of thioether (sulfide) groups is 1. The smallest absolute Gasteiger partial charge is 0.251 e. The van der Waals surface area contributed by atoms with Gasteiger partial charge in [-0.3, -0.25) is 9.59 Å². The van der Waals surface area contributed by atoms with E-state index in [1.165, 1.54) is 28.0 Å². The number of para-hydroxylation sites is 1. The maximum absolute atomic E-state index is 12.4. The van der Waals surface area contributed by atoms with Crippen LogP contribution < -0.4 is 11.1 Å². The third-order valence-electron chi connectivity index (χ3n) is 4.33. The van der Waals surface area contributed by atoms with Gasteiger partial charge in [0.05, 0.1) is 11.3 Å². The molecule has 0 saturated carbocycles. The predicted molar refractivity (Wildman–Crippen MR) is 103 cm³/mol. The van der Waals surface area contributed by atoms with Crippen LogP contribution in [0.15, 0.2) is 35.4 Å². The topological polar surface area (TPSA) is 88.0 Å². The van der Waals surface area contributed by atoms with Gasteiger partial charge in [0.25, 0.3) is 5.91 Å². The summed E-state index contributed by atoms with van der Waals surface area (Å²) in [6.45, 7) is 0. The van der Waals surface area contributed by atoms with Crippen LogP contribution >= 0.6 is 23.1 Å². The second kappa shape index (κ2) is 6.57. The van der Waals surface area contributed by atoms with E-state index in [2.05, 4.69) is 10.3 Å². The molecule has 2 amide bonds. The highest BCUT2D eigenvalue weighted by Crippen LogP contribution is 2.39. The van der Waals surface area contributed by atoms with Crippen molar-refractivity contribution in [3.63, 3.8) is 0 Å². The molecular weight excluding hydrogens is 354 g/mol. The van der Waals surface area contributed by atoms with Crippen molar-refractivity contribution in [3.8, 4) is 0 Å². The van der Waals surface area contributed by atoms with Gasteiger partial charge in [-0.15, -0.1) is 23.1 Å². The summed E-state index contributed by atoms with van der Waals surface area (Å²) >= 11 is 2.96. The van der Waals surface area contributed by atoms with Crippen LogP contribution in [0.5, 0.6) is 0 Å². The van der Waals surface area contributed by atoms with Gasteiger partial charge in [0.15, 0.2) is 0 Å². The molecule has 4 rings (SSSR count). The highest BCUT2D eigenvalue weighted by atomic mass is 32.2. The summed E-state index contributed by atoms with van der Waals surface area (Å²) in [6.07, 6.45) is 4.79. The molecule has 3 aromatic rings. The summed E-state index contributed by atoms with van der Waals surface area (Å²) in [7, 11) is 0. The zero-order chi connectivity index (χ0) is 17.4. The summed E-state index contributed by atoms with van der Waals surface area (Å²) in [5, 5.41) is 4.58. The third kappa shape index (κ3) is 3.05. The second-order valence-electron chi connectivity index (χ2n) is 5.96. The summed E-state index contributed by atoms with van der Waals surface area (Å²) in [5.74, 6) is -0.306. The van der Waals surface area contributed by atoms with Crippen molar-refractivity contribution < 1.29 is 9.59 Å². The summed E-state index contributed by atoms with van der Waals surface area (Å²) < 4.78 is 0. The highest BCUT2D eigenvalue weighted by Gasteiger charge is 2.26. The number of hydrogen-bond acceptors (Lipinski definition) is 4.